The maximum absolute atomic E-state index is 11.6. The third-order valence-corrected chi connectivity index (χ3v) is 2.45. The summed E-state index contributed by atoms with van der Waals surface area (Å²) < 4.78 is 6.50. The molecule has 0 saturated carbocycles. The minimum atomic E-state index is -0.572. The van der Waals surface area contributed by atoms with Crippen molar-refractivity contribution in [3.05, 3.63) is 35.3 Å². The van der Waals surface area contributed by atoms with Gasteiger partial charge in [0.15, 0.2) is 12.0 Å². The van der Waals surface area contributed by atoms with E-state index in [1.54, 1.807) is 17.4 Å². The Hall–Kier alpha value is -2.17. The fraction of sp³-hybridized carbons (Fsp3) is 0.250. The van der Waals surface area contributed by atoms with Crippen LogP contribution in [0.15, 0.2) is 18.2 Å². The predicted octanol–water partition coefficient (Wildman–Crippen LogP) is 1.63. The molecule has 5 heteroatoms. The van der Waals surface area contributed by atoms with Crippen LogP contribution in [0, 0.1) is 6.92 Å². The standard InChI is InChI=1S/C12H12N2O3/c1-3-17-12(16)11-9(7-15)14-8(2)5-4-6-10(14)13-11/h4-7H,3H2,1-2H3. The van der Waals surface area contributed by atoms with Crippen molar-refractivity contribution in [1.29, 1.82) is 0 Å². The average molecular weight is 232 g/mol. The van der Waals surface area contributed by atoms with Crippen molar-refractivity contribution in [2.75, 3.05) is 6.61 Å². The van der Waals surface area contributed by atoms with Gasteiger partial charge >= 0.3 is 5.97 Å². The van der Waals surface area contributed by atoms with E-state index in [-0.39, 0.29) is 18.0 Å². The highest BCUT2D eigenvalue weighted by atomic mass is 16.5. The Morgan fingerprint density at radius 3 is 2.94 bits per heavy atom. The lowest BCUT2D eigenvalue weighted by Crippen LogP contribution is -2.08. The summed E-state index contributed by atoms with van der Waals surface area (Å²) in [4.78, 5) is 26.9. The van der Waals surface area contributed by atoms with Crippen LogP contribution in [-0.4, -0.2) is 28.2 Å². The van der Waals surface area contributed by atoms with Gasteiger partial charge < -0.3 is 4.74 Å². The van der Waals surface area contributed by atoms with E-state index >= 15 is 0 Å². The number of hydrogen-bond donors (Lipinski definition) is 0. The molecule has 88 valence electrons. The van der Waals surface area contributed by atoms with Crippen molar-refractivity contribution in [1.82, 2.24) is 9.38 Å². The molecule has 2 rings (SSSR count). The summed E-state index contributed by atoms with van der Waals surface area (Å²) >= 11 is 0. The number of hydrogen-bond acceptors (Lipinski definition) is 4. The van der Waals surface area contributed by atoms with E-state index < -0.39 is 5.97 Å². The van der Waals surface area contributed by atoms with Crippen molar-refractivity contribution in [3.8, 4) is 0 Å². The third-order valence-electron chi connectivity index (χ3n) is 2.45. The van der Waals surface area contributed by atoms with E-state index in [9.17, 15) is 9.59 Å². The first-order chi connectivity index (χ1) is 8.19. The molecule has 0 unspecified atom stereocenters. The summed E-state index contributed by atoms with van der Waals surface area (Å²) in [5.41, 5.74) is 1.70. The molecule has 17 heavy (non-hydrogen) atoms. The number of esters is 1. The molecule has 2 heterocycles. The summed E-state index contributed by atoms with van der Waals surface area (Å²) in [5.74, 6) is -0.572. The molecule has 0 fully saturated rings. The second-order valence-corrected chi connectivity index (χ2v) is 3.54. The minimum absolute atomic E-state index is 0.0659. The molecular weight excluding hydrogens is 220 g/mol. The van der Waals surface area contributed by atoms with Crippen molar-refractivity contribution in [3.63, 3.8) is 0 Å². The molecule has 0 aliphatic carbocycles. The maximum atomic E-state index is 11.6. The van der Waals surface area contributed by atoms with Gasteiger partial charge in [0, 0.05) is 5.69 Å². The predicted molar refractivity (Wildman–Crippen MR) is 61.3 cm³/mol. The topological polar surface area (TPSA) is 60.7 Å². The van der Waals surface area contributed by atoms with Crippen LogP contribution in [0.4, 0.5) is 0 Å². The molecule has 0 aromatic carbocycles. The first-order valence-electron chi connectivity index (χ1n) is 5.29. The quantitative estimate of drug-likeness (QED) is 0.596. The molecule has 2 aromatic heterocycles. The number of ether oxygens (including phenoxy) is 1. The highest BCUT2D eigenvalue weighted by Crippen LogP contribution is 2.14. The van der Waals surface area contributed by atoms with Gasteiger partial charge in [0.25, 0.3) is 0 Å². The van der Waals surface area contributed by atoms with Crippen molar-refractivity contribution in [2.45, 2.75) is 13.8 Å². The van der Waals surface area contributed by atoms with Gasteiger partial charge in [-0.05, 0) is 26.0 Å². The third kappa shape index (κ3) is 1.80. The molecule has 0 aliphatic heterocycles. The van der Waals surface area contributed by atoms with Gasteiger partial charge in [0.05, 0.1) is 6.61 Å². The molecule has 0 spiro atoms. The van der Waals surface area contributed by atoms with Gasteiger partial charge in [-0.3, -0.25) is 9.20 Å². The molecule has 0 aliphatic rings. The summed E-state index contributed by atoms with van der Waals surface area (Å²) in [6, 6.07) is 5.40. The van der Waals surface area contributed by atoms with E-state index in [2.05, 4.69) is 4.98 Å². The number of aldehydes is 1. The van der Waals surface area contributed by atoms with E-state index in [0.717, 1.165) is 5.69 Å². The fourth-order valence-corrected chi connectivity index (χ4v) is 1.74. The van der Waals surface area contributed by atoms with Crippen molar-refractivity contribution in [2.24, 2.45) is 0 Å². The molecule has 0 amide bonds. The molecule has 0 atom stereocenters. The molecule has 0 saturated heterocycles. The van der Waals surface area contributed by atoms with E-state index in [0.29, 0.717) is 11.9 Å². The number of carbonyl (C=O) groups is 2. The number of fused-ring (bicyclic) bond motifs is 1. The van der Waals surface area contributed by atoms with Crippen LogP contribution in [0.25, 0.3) is 5.65 Å². The normalized spacial score (nSPS) is 10.5. The summed E-state index contributed by atoms with van der Waals surface area (Å²) in [6.45, 7) is 3.81. The van der Waals surface area contributed by atoms with Crippen LogP contribution in [-0.2, 0) is 4.74 Å². The lowest BCUT2D eigenvalue weighted by atomic mass is 10.3. The zero-order valence-corrected chi connectivity index (χ0v) is 9.64. The van der Waals surface area contributed by atoms with E-state index in [4.69, 9.17) is 4.74 Å². The minimum Gasteiger partial charge on any atom is -0.461 e. The number of aromatic nitrogens is 2. The number of nitrogens with zero attached hydrogens (tertiary/aromatic N) is 2. The molecule has 5 nitrogen and oxygen atoms in total. The largest absolute Gasteiger partial charge is 0.461 e. The van der Waals surface area contributed by atoms with Gasteiger partial charge in [0.2, 0.25) is 0 Å². The Kier molecular flexibility index (Phi) is 2.91. The van der Waals surface area contributed by atoms with Gasteiger partial charge in [-0.2, -0.15) is 0 Å². The summed E-state index contributed by atoms with van der Waals surface area (Å²) in [7, 11) is 0. The number of aryl methyl sites for hydroxylation is 1. The Morgan fingerprint density at radius 2 is 2.29 bits per heavy atom. The SMILES string of the molecule is CCOC(=O)c1nc2cccc(C)n2c1C=O. The summed E-state index contributed by atoms with van der Waals surface area (Å²) in [6.07, 6.45) is 0.624. The molecule has 2 aromatic rings. The van der Waals surface area contributed by atoms with Crippen LogP contribution in [0.3, 0.4) is 0 Å². The van der Waals surface area contributed by atoms with Gasteiger partial charge in [-0.15, -0.1) is 0 Å². The van der Waals surface area contributed by atoms with Crippen LogP contribution < -0.4 is 0 Å². The average Bonchev–Trinajstić information content (AvgIpc) is 2.69. The zero-order valence-electron chi connectivity index (χ0n) is 9.64. The van der Waals surface area contributed by atoms with Gasteiger partial charge in [0.1, 0.15) is 11.3 Å². The van der Waals surface area contributed by atoms with Gasteiger partial charge in [-0.1, -0.05) is 6.07 Å². The van der Waals surface area contributed by atoms with Gasteiger partial charge in [-0.25, -0.2) is 9.78 Å². The smallest absolute Gasteiger partial charge is 0.359 e. The number of pyridine rings is 1. The lowest BCUT2D eigenvalue weighted by molar-refractivity contribution is 0.0518. The Morgan fingerprint density at radius 1 is 1.53 bits per heavy atom. The van der Waals surface area contributed by atoms with E-state index in [1.165, 1.54) is 0 Å². The number of carbonyl (C=O) groups excluding carboxylic acids is 2. The first kappa shape index (κ1) is 11.3. The molecule has 0 bridgehead atoms. The van der Waals surface area contributed by atoms with Crippen LogP contribution in [0.1, 0.15) is 33.6 Å². The first-order valence-corrected chi connectivity index (χ1v) is 5.29. The van der Waals surface area contributed by atoms with Crippen LogP contribution >= 0.6 is 0 Å². The van der Waals surface area contributed by atoms with Crippen LogP contribution in [0.2, 0.25) is 0 Å². The van der Waals surface area contributed by atoms with Crippen LogP contribution in [0.5, 0.6) is 0 Å². The molecule has 0 radical (unpaired) electrons. The summed E-state index contributed by atoms with van der Waals surface area (Å²) in [5, 5.41) is 0. The second-order valence-electron chi connectivity index (χ2n) is 3.54. The Labute approximate surface area is 98.0 Å². The molecular formula is C12H12N2O3. The Bertz CT molecular complexity index is 587. The Balaban J connectivity index is 2.69. The number of rotatable bonds is 3. The van der Waals surface area contributed by atoms with Crippen molar-refractivity contribution < 1.29 is 14.3 Å². The van der Waals surface area contributed by atoms with Crippen molar-refractivity contribution >= 4 is 17.9 Å². The highest BCUT2D eigenvalue weighted by Gasteiger charge is 2.20. The molecule has 0 N–H and O–H groups in total. The van der Waals surface area contributed by atoms with E-state index in [1.807, 2.05) is 19.1 Å². The number of imidazole rings is 1. The fourth-order valence-electron chi connectivity index (χ4n) is 1.74. The zero-order chi connectivity index (χ0) is 12.4. The highest BCUT2D eigenvalue weighted by molar-refractivity contribution is 5.96. The monoisotopic (exact) mass is 232 g/mol. The lowest BCUT2D eigenvalue weighted by Gasteiger charge is -2.01. The second kappa shape index (κ2) is 4.37. The maximum Gasteiger partial charge on any atom is 0.359 e.